The number of hydrogen-bond donors (Lipinski definition) is 3. The van der Waals surface area contributed by atoms with Gasteiger partial charge >= 0.3 is 0 Å². The zero-order valence-electron chi connectivity index (χ0n) is 11.1. The van der Waals surface area contributed by atoms with Crippen molar-refractivity contribution in [2.75, 3.05) is 18.2 Å². The van der Waals surface area contributed by atoms with Crippen LogP contribution in [-0.4, -0.2) is 15.5 Å². The molecule has 0 saturated heterocycles. The molecule has 0 fully saturated rings. The number of benzene rings is 2. The van der Waals surface area contributed by atoms with Gasteiger partial charge in [-0.05, 0) is 24.3 Å². The Morgan fingerprint density at radius 3 is 2.57 bits per heavy atom. The second-order valence-corrected chi connectivity index (χ2v) is 5.77. The fourth-order valence-corrected chi connectivity index (χ4v) is 2.48. The van der Waals surface area contributed by atoms with Crippen molar-refractivity contribution in [2.45, 2.75) is 4.90 Å². The van der Waals surface area contributed by atoms with Gasteiger partial charge in [0.05, 0.1) is 18.5 Å². The van der Waals surface area contributed by atoms with Gasteiger partial charge in [0, 0.05) is 11.8 Å². The summed E-state index contributed by atoms with van der Waals surface area (Å²) in [5, 5.41) is 7.98. The first-order valence-electron chi connectivity index (χ1n) is 5.85. The average Bonchev–Trinajstić information content (AvgIpc) is 2.42. The highest BCUT2D eigenvalue weighted by molar-refractivity contribution is 7.89. The van der Waals surface area contributed by atoms with Crippen molar-refractivity contribution < 1.29 is 17.5 Å². The number of halogens is 1. The van der Waals surface area contributed by atoms with Gasteiger partial charge in [-0.2, -0.15) is 0 Å². The standard InChI is InChI=1S/C13H14FN3O3S/c1-20-11-7-8(5-6-9(11)14)17-10-3-2-4-12(13(10)15)21(16,18)19/h2-7,17H,15H2,1H3,(H2,16,18,19). The lowest BCUT2D eigenvalue weighted by Crippen LogP contribution is -2.15. The summed E-state index contributed by atoms with van der Waals surface area (Å²) in [7, 11) is -2.57. The topological polar surface area (TPSA) is 107 Å². The molecule has 6 nitrogen and oxygen atoms in total. The second-order valence-electron chi connectivity index (χ2n) is 4.24. The monoisotopic (exact) mass is 311 g/mol. The van der Waals surface area contributed by atoms with Crippen LogP contribution in [0.2, 0.25) is 0 Å². The maximum Gasteiger partial charge on any atom is 0.240 e. The maximum atomic E-state index is 13.3. The summed E-state index contributed by atoms with van der Waals surface area (Å²) < 4.78 is 41.0. The summed E-state index contributed by atoms with van der Waals surface area (Å²) >= 11 is 0. The Hall–Kier alpha value is -2.32. The molecule has 0 aromatic heterocycles. The van der Waals surface area contributed by atoms with Crippen LogP contribution in [0, 0.1) is 5.82 Å². The van der Waals surface area contributed by atoms with E-state index in [1.807, 2.05) is 0 Å². The van der Waals surface area contributed by atoms with E-state index in [0.717, 1.165) is 0 Å². The van der Waals surface area contributed by atoms with Gasteiger partial charge in [-0.15, -0.1) is 0 Å². The predicted molar refractivity (Wildman–Crippen MR) is 78.5 cm³/mol. The normalized spacial score (nSPS) is 11.2. The van der Waals surface area contributed by atoms with E-state index in [4.69, 9.17) is 15.6 Å². The van der Waals surface area contributed by atoms with E-state index in [2.05, 4.69) is 5.32 Å². The first-order valence-corrected chi connectivity index (χ1v) is 7.39. The van der Waals surface area contributed by atoms with Crippen LogP contribution in [0.25, 0.3) is 0 Å². The van der Waals surface area contributed by atoms with Crippen LogP contribution in [0.5, 0.6) is 5.75 Å². The van der Waals surface area contributed by atoms with E-state index in [1.54, 1.807) is 6.07 Å². The Labute approximate surface area is 121 Å². The minimum Gasteiger partial charge on any atom is -0.494 e. The van der Waals surface area contributed by atoms with Gasteiger partial charge in [0.25, 0.3) is 0 Å². The number of methoxy groups -OCH3 is 1. The fraction of sp³-hybridized carbons (Fsp3) is 0.0769. The van der Waals surface area contributed by atoms with Crippen molar-refractivity contribution in [3.63, 3.8) is 0 Å². The summed E-state index contributed by atoms with van der Waals surface area (Å²) in [5.74, 6) is -0.449. The van der Waals surface area contributed by atoms with E-state index in [0.29, 0.717) is 11.4 Å². The molecule has 2 aromatic carbocycles. The smallest absolute Gasteiger partial charge is 0.240 e. The molecule has 0 aliphatic rings. The largest absolute Gasteiger partial charge is 0.494 e. The third-order valence-electron chi connectivity index (χ3n) is 2.80. The lowest BCUT2D eigenvalue weighted by molar-refractivity contribution is 0.387. The van der Waals surface area contributed by atoms with Crippen molar-refractivity contribution in [3.05, 3.63) is 42.2 Å². The fourth-order valence-electron chi connectivity index (χ4n) is 1.79. The molecule has 5 N–H and O–H groups in total. The molecule has 0 spiro atoms. The number of hydrogen-bond acceptors (Lipinski definition) is 5. The molecule has 2 aromatic rings. The van der Waals surface area contributed by atoms with Crippen LogP contribution >= 0.6 is 0 Å². The minimum atomic E-state index is -3.92. The molecule has 0 amide bonds. The molecule has 0 unspecified atom stereocenters. The molecule has 0 heterocycles. The van der Waals surface area contributed by atoms with Crippen LogP contribution < -0.4 is 20.9 Å². The Morgan fingerprint density at radius 1 is 1.24 bits per heavy atom. The molecule has 0 aliphatic heterocycles. The highest BCUT2D eigenvalue weighted by Gasteiger charge is 2.15. The number of primary sulfonamides is 1. The van der Waals surface area contributed by atoms with Crippen molar-refractivity contribution >= 4 is 27.1 Å². The lowest BCUT2D eigenvalue weighted by atomic mass is 10.2. The molecule has 0 bridgehead atoms. The van der Waals surface area contributed by atoms with Gasteiger partial charge in [0.1, 0.15) is 4.90 Å². The Bertz CT molecular complexity index is 778. The Kier molecular flexibility index (Phi) is 4.01. The maximum absolute atomic E-state index is 13.3. The second kappa shape index (κ2) is 5.58. The number of anilines is 3. The first kappa shape index (κ1) is 15.1. The van der Waals surface area contributed by atoms with Crippen LogP contribution in [0.1, 0.15) is 0 Å². The van der Waals surface area contributed by atoms with E-state index in [9.17, 15) is 12.8 Å². The molecular formula is C13H14FN3O3S. The van der Waals surface area contributed by atoms with E-state index >= 15 is 0 Å². The molecule has 8 heteroatoms. The third kappa shape index (κ3) is 3.23. The number of sulfonamides is 1. The molecule has 0 radical (unpaired) electrons. The average molecular weight is 311 g/mol. The number of rotatable bonds is 4. The van der Waals surface area contributed by atoms with Gasteiger partial charge in [-0.1, -0.05) is 6.07 Å². The highest BCUT2D eigenvalue weighted by Crippen LogP contribution is 2.30. The van der Waals surface area contributed by atoms with Gasteiger partial charge in [0.2, 0.25) is 10.0 Å². The molecular weight excluding hydrogens is 297 g/mol. The van der Waals surface area contributed by atoms with Crippen molar-refractivity contribution in [1.82, 2.24) is 0 Å². The van der Waals surface area contributed by atoms with Gasteiger partial charge in [0.15, 0.2) is 11.6 Å². The minimum absolute atomic E-state index is 0.0108. The number of para-hydroxylation sites is 1. The zero-order valence-corrected chi connectivity index (χ0v) is 11.9. The summed E-state index contributed by atoms with van der Waals surface area (Å²) in [6.07, 6.45) is 0. The lowest BCUT2D eigenvalue weighted by Gasteiger charge is -2.13. The Morgan fingerprint density at radius 2 is 1.95 bits per heavy atom. The van der Waals surface area contributed by atoms with Crippen LogP contribution in [0.3, 0.4) is 0 Å². The molecule has 0 atom stereocenters. The van der Waals surface area contributed by atoms with E-state index in [1.165, 1.54) is 37.4 Å². The molecule has 0 saturated carbocycles. The number of ether oxygens (including phenoxy) is 1. The van der Waals surface area contributed by atoms with Crippen molar-refractivity contribution in [3.8, 4) is 5.75 Å². The first-order chi connectivity index (χ1) is 9.82. The molecule has 2 rings (SSSR count). The number of nitrogens with one attached hydrogen (secondary N) is 1. The Balaban J connectivity index is 2.41. The SMILES string of the molecule is COc1cc(Nc2cccc(S(N)(=O)=O)c2N)ccc1F. The summed E-state index contributed by atoms with van der Waals surface area (Å²) in [5.41, 5.74) is 6.61. The number of nitrogen functional groups attached to an aromatic ring is 1. The van der Waals surface area contributed by atoms with Crippen molar-refractivity contribution in [1.29, 1.82) is 0 Å². The number of nitrogens with two attached hydrogens (primary N) is 2. The highest BCUT2D eigenvalue weighted by atomic mass is 32.2. The van der Waals surface area contributed by atoms with Gasteiger partial charge in [-0.3, -0.25) is 0 Å². The van der Waals surface area contributed by atoms with Gasteiger partial charge < -0.3 is 15.8 Å². The quantitative estimate of drug-likeness (QED) is 0.746. The van der Waals surface area contributed by atoms with E-state index < -0.39 is 15.8 Å². The van der Waals surface area contributed by atoms with Crippen LogP contribution in [-0.2, 0) is 10.0 Å². The third-order valence-corrected chi connectivity index (χ3v) is 3.77. The van der Waals surface area contributed by atoms with Gasteiger partial charge in [-0.25, -0.2) is 17.9 Å². The van der Waals surface area contributed by atoms with Crippen LogP contribution in [0.15, 0.2) is 41.3 Å². The molecule has 112 valence electrons. The molecule has 0 aliphatic carbocycles. The van der Waals surface area contributed by atoms with E-state index in [-0.39, 0.29) is 16.3 Å². The van der Waals surface area contributed by atoms with Crippen LogP contribution in [0.4, 0.5) is 21.5 Å². The summed E-state index contributed by atoms with van der Waals surface area (Å²) in [6, 6.07) is 8.51. The summed E-state index contributed by atoms with van der Waals surface area (Å²) in [4.78, 5) is -0.179. The molecule has 21 heavy (non-hydrogen) atoms. The zero-order chi connectivity index (χ0) is 15.6. The predicted octanol–water partition coefficient (Wildman–Crippen LogP) is 1.81. The van der Waals surface area contributed by atoms with Crippen molar-refractivity contribution in [2.24, 2.45) is 5.14 Å². The summed E-state index contributed by atoms with van der Waals surface area (Å²) in [6.45, 7) is 0.